The first-order valence-electron chi connectivity index (χ1n) is 4.12. The zero-order valence-corrected chi connectivity index (χ0v) is 9.74. The van der Waals surface area contributed by atoms with Crippen LogP contribution in [-0.2, 0) is 4.79 Å². The SMILES string of the molecule is O=C1[N-]C2NCNN2C2NNNC12.[Na+]. The molecular formula is C5H10N7NaO. The number of carbonyl (C=O) groups is 1. The second kappa shape index (κ2) is 4.00. The van der Waals surface area contributed by atoms with E-state index in [2.05, 4.69) is 32.4 Å². The summed E-state index contributed by atoms with van der Waals surface area (Å²) in [6, 6.07) is -0.316. The fourth-order valence-electron chi connectivity index (χ4n) is 1.75. The van der Waals surface area contributed by atoms with Gasteiger partial charge in [0.25, 0.3) is 0 Å². The number of hydrazine groups is 3. The normalized spacial score (nSPS) is 41.1. The number of nitrogens with zero attached hydrogens (tertiary/aromatic N) is 2. The number of hydrogen-bond acceptors (Lipinski definition) is 7. The maximum atomic E-state index is 11.4. The van der Waals surface area contributed by atoms with E-state index in [4.69, 9.17) is 0 Å². The number of fused-ring (bicyclic) bond motifs is 3. The zero-order chi connectivity index (χ0) is 8.84. The van der Waals surface area contributed by atoms with Gasteiger partial charge in [0.2, 0.25) is 0 Å². The molecule has 3 atom stereocenters. The van der Waals surface area contributed by atoms with Gasteiger partial charge in [-0.2, -0.15) is 5.53 Å². The van der Waals surface area contributed by atoms with Crippen molar-refractivity contribution in [2.45, 2.75) is 18.5 Å². The van der Waals surface area contributed by atoms with E-state index in [-0.39, 0.29) is 54.0 Å². The van der Waals surface area contributed by atoms with E-state index < -0.39 is 0 Å². The first-order chi connectivity index (χ1) is 6.36. The standard InChI is InChI=1S/C5H11N7O.Na/c13-4-2-3(10-11-9-2)12-5(8-4)6-1-7-12;/h2-3,5-7,9-11H,1H2,(H,8,13);/q;+1/p-1. The van der Waals surface area contributed by atoms with E-state index in [1.54, 1.807) is 0 Å². The Labute approximate surface area is 103 Å². The summed E-state index contributed by atoms with van der Waals surface area (Å²) in [5, 5.41) is 8.87. The van der Waals surface area contributed by atoms with Gasteiger partial charge in [0.15, 0.2) is 0 Å². The molecule has 3 aliphatic heterocycles. The molecule has 1 amide bonds. The second-order valence-corrected chi connectivity index (χ2v) is 3.12. The van der Waals surface area contributed by atoms with Crippen LogP contribution in [0.1, 0.15) is 0 Å². The molecule has 3 saturated heterocycles. The average molecular weight is 207 g/mol. The van der Waals surface area contributed by atoms with Crippen LogP contribution in [0.15, 0.2) is 0 Å². The molecule has 0 aromatic heterocycles. The van der Waals surface area contributed by atoms with Crippen molar-refractivity contribution < 1.29 is 34.4 Å². The Morgan fingerprint density at radius 3 is 3.14 bits per heavy atom. The molecule has 3 heterocycles. The summed E-state index contributed by atoms with van der Waals surface area (Å²) in [6.45, 7) is 0.631. The fourth-order valence-corrected chi connectivity index (χ4v) is 1.75. The predicted molar refractivity (Wildman–Crippen MR) is 42.1 cm³/mol. The molecule has 8 nitrogen and oxygen atoms in total. The number of nitrogens with one attached hydrogen (secondary N) is 5. The maximum absolute atomic E-state index is 11.4. The molecule has 0 radical (unpaired) electrons. The third kappa shape index (κ3) is 1.48. The van der Waals surface area contributed by atoms with Gasteiger partial charge in [0.1, 0.15) is 6.17 Å². The fraction of sp³-hybridized carbons (Fsp3) is 0.800. The maximum Gasteiger partial charge on any atom is 1.00 e. The van der Waals surface area contributed by atoms with Crippen LogP contribution in [0.4, 0.5) is 0 Å². The smallest absolute Gasteiger partial charge is 0.624 e. The van der Waals surface area contributed by atoms with Gasteiger partial charge in [-0.05, 0) is 0 Å². The molecule has 14 heavy (non-hydrogen) atoms. The van der Waals surface area contributed by atoms with Crippen LogP contribution in [0.25, 0.3) is 5.32 Å². The van der Waals surface area contributed by atoms with Crippen molar-refractivity contribution in [3.63, 3.8) is 0 Å². The molecule has 3 unspecified atom stereocenters. The molecule has 3 fully saturated rings. The summed E-state index contributed by atoms with van der Waals surface area (Å²) in [4.78, 5) is 11.4. The summed E-state index contributed by atoms with van der Waals surface area (Å²) in [5.74, 6) is -0.139. The van der Waals surface area contributed by atoms with Crippen molar-refractivity contribution >= 4 is 5.91 Å². The van der Waals surface area contributed by atoms with Crippen molar-refractivity contribution in [1.29, 1.82) is 0 Å². The number of carbonyl (C=O) groups excluding carboxylic acids is 1. The minimum absolute atomic E-state index is 0. The molecule has 72 valence electrons. The van der Waals surface area contributed by atoms with E-state index >= 15 is 0 Å². The number of rotatable bonds is 0. The first kappa shape index (κ1) is 10.7. The molecule has 0 aliphatic carbocycles. The van der Waals surface area contributed by atoms with Crippen molar-refractivity contribution in [3.8, 4) is 0 Å². The van der Waals surface area contributed by atoms with E-state index in [0.717, 1.165) is 0 Å². The monoisotopic (exact) mass is 207 g/mol. The summed E-state index contributed by atoms with van der Waals surface area (Å²) >= 11 is 0. The van der Waals surface area contributed by atoms with E-state index in [0.29, 0.717) is 6.67 Å². The summed E-state index contributed by atoms with van der Waals surface area (Å²) in [7, 11) is 0. The van der Waals surface area contributed by atoms with Crippen LogP contribution < -0.4 is 56.7 Å². The van der Waals surface area contributed by atoms with Gasteiger partial charge in [0, 0.05) is 6.29 Å². The third-order valence-electron chi connectivity index (χ3n) is 2.39. The topological polar surface area (TPSA) is 94.6 Å². The summed E-state index contributed by atoms with van der Waals surface area (Å²) < 4.78 is 0. The van der Waals surface area contributed by atoms with Crippen LogP contribution in [0, 0.1) is 0 Å². The van der Waals surface area contributed by atoms with Crippen LogP contribution in [0.3, 0.4) is 0 Å². The Balaban J connectivity index is 0.000000750. The molecule has 3 aliphatic rings. The minimum Gasteiger partial charge on any atom is -0.624 e. The molecule has 5 N–H and O–H groups in total. The summed E-state index contributed by atoms with van der Waals surface area (Å²) in [6.07, 6.45) is -0.340. The summed E-state index contributed by atoms with van der Waals surface area (Å²) in [5.41, 5.74) is 11.6. The third-order valence-corrected chi connectivity index (χ3v) is 2.39. The molecular weight excluding hydrogens is 197 g/mol. The number of hydrogen-bond donors (Lipinski definition) is 5. The molecule has 9 heteroatoms. The largest absolute Gasteiger partial charge is 1.00 e. The first-order valence-corrected chi connectivity index (χ1v) is 4.12. The van der Waals surface area contributed by atoms with Crippen molar-refractivity contribution in [2.75, 3.05) is 6.67 Å². The molecule has 0 spiro atoms. The molecule has 3 rings (SSSR count). The molecule has 0 aromatic rings. The van der Waals surface area contributed by atoms with Gasteiger partial charge in [-0.25, -0.2) is 21.3 Å². The van der Waals surface area contributed by atoms with E-state index in [1.807, 2.05) is 5.01 Å². The van der Waals surface area contributed by atoms with Gasteiger partial charge in [-0.15, -0.1) is 0 Å². The van der Waals surface area contributed by atoms with Crippen LogP contribution in [-0.4, -0.2) is 36.1 Å². The van der Waals surface area contributed by atoms with Crippen molar-refractivity contribution in [3.05, 3.63) is 5.32 Å². The van der Waals surface area contributed by atoms with Gasteiger partial charge in [-0.3, -0.25) is 0 Å². The Kier molecular flexibility index (Phi) is 3.07. The number of amides is 1. The molecule has 0 aromatic carbocycles. The van der Waals surface area contributed by atoms with Gasteiger partial charge in [-0.1, -0.05) is 0 Å². The van der Waals surface area contributed by atoms with Crippen LogP contribution in [0.5, 0.6) is 0 Å². The Morgan fingerprint density at radius 2 is 2.29 bits per heavy atom. The van der Waals surface area contributed by atoms with E-state index in [1.165, 1.54) is 0 Å². The van der Waals surface area contributed by atoms with Gasteiger partial charge >= 0.3 is 29.6 Å². The van der Waals surface area contributed by atoms with Crippen molar-refractivity contribution in [1.82, 2.24) is 32.1 Å². The minimum atomic E-state index is -0.316. The molecule has 0 bridgehead atoms. The van der Waals surface area contributed by atoms with Gasteiger partial charge < -0.3 is 15.4 Å². The Bertz CT molecular complexity index is 250. The predicted octanol–water partition coefficient (Wildman–Crippen LogP) is -6.14. The Hall–Kier alpha value is 0.230. The van der Waals surface area contributed by atoms with Crippen LogP contribution in [0.2, 0.25) is 0 Å². The van der Waals surface area contributed by atoms with Gasteiger partial charge in [0.05, 0.1) is 18.6 Å². The van der Waals surface area contributed by atoms with Crippen LogP contribution >= 0.6 is 0 Å². The molecule has 0 saturated carbocycles. The van der Waals surface area contributed by atoms with E-state index in [9.17, 15) is 4.79 Å². The quantitative estimate of drug-likeness (QED) is 0.252. The second-order valence-electron chi connectivity index (χ2n) is 3.12. The average Bonchev–Trinajstić information content (AvgIpc) is 2.66. The zero-order valence-electron chi connectivity index (χ0n) is 7.74. The van der Waals surface area contributed by atoms with Crippen molar-refractivity contribution in [2.24, 2.45) is 0 Å². The Morgan fingerprint density at radius 1 is 1.43 bits per heavy atom.